The van der Waals surface area contributed by atoms with Gasteiger partial charge in [0.2, 0.25) is 11.8 Å². The van der Waals surface area contributed by atoms with Crippen molar-refractivity contribution in [3.63, 3.8) is 0 Å². The van der Waals surface area contributed by atoms with Gasteiger partial charge in [0.1, 0.15) is 0 Å². The van der Waals surface area contributed by atoms with E-state index in [2.05, 4.69) is 12.2 Å². The van der Waals surface area contributed by atoms with E-state index in [0.717, 1.165) is 58.0 Å². The fourth-order valence-corrected chi connectivity index (χ4v) is 5.35. The maximum absolute atomic E-state index is 12.8. The largest absolute Gasteiger partial charge is 0.466 e. The quantitative estimate of drug-likeness (QED) is 0.639. The van der Waals surface area contributed by atoms with Gasteiger partial charge in [0.05, 0.1) is 19.6 Å². The second-order valence-electron chi connectivity index (χ2n) is 9.51. The number of nitrogens with one attached hydrogen (secondary N) is 1. The molecule has 30 heavy (non-hydrogen) atoms. The van der Waals surface area contributed by atoms with E-state index in [1.54, 1.807) is 0 Å². The Morgan fingerprint density at radius 1 is 1.00 bits per heavy atom. The Balaban J connectivity index is 1.44. The van der Waals surface area contributed by atoms with Gasteiger partial charge in [-0.15, -0.1) is 0 Å². The number of ether oxygens (including phenoxy) is 1. The molecule has 2 saturated heterocycles. The van der Waals surface area contributed by atoms with Crippen LogP contribution in [-0.4, -0.2) is 72.5 Å². The van der Waals surface area contributed by atoms with Gasteiger partial charge < -0.3 is 19.9 Å². The standard InChI is InChI=1S/C23H39N3O4/c1-3-30-21(28)15-23(10-4-5-11-23)24-16-20(27)25-13-8-19(9-14-25)22(29)26-12-6-7-18(2)17-26/h18-19,24H,3-17H2,1-2H3/t18-/m0/s1. The average molecular weight is 422 g/mol. The van der Waals surface area contributed by atoms with Gasteiger partial charge in [-0.25, -0.2) is 0 Å². The highest BCUT2D eigenvalue weighted by molar-refractivity contribution is 5.81. The Morgan fingerprint density at radius 2 is 1.70 bits per heavy atom. The third-order valence-electron chi connectivity index (χ3n) is 7.13. The van der Waals surface area contributed by atoms with E-state index in [4.69, 9.17) is 4.74 Å². The predicted molar refractivity (Wildman–Crippen MR) is 115 cm³/mol. The normalized spacial score (nSPS) is 24.7. The molecule has 0 aromatic heterocycles. The summed E-state index contributed by atoms with van der Waals surface area (Å²) in [5, 5.41) is 3.40. The summed E-state index contributed by atoms with van der Waals surface area (Å²) < 4.78 is 5.13. The molecule has 2 heterocycles. The van der Waals surface area contributed by atoms with Gasteiger partial charge in [0, 0.05) is 37.6 Å². The summed E-state index contributed by atoms with van der Waals surface area (Å²) in [6, 6.07) is 0. The maximum Gasteiger partial charge on any atom is 0.307 e. The molecular formula is C23H39N3O4. The van der Waals surface area contributed by atoms with Crippen LogP contribution in [0.15, 0.2) is 0 Å². The highest BCUT2D eigenvalue weighted by Gasteiger charge is 2.37. The van der Waals surface area contributed by atoms with Gasteiger partial charge in [0.25, 0.3) is 0 Å². The Morgan fingerprint density at radius 3 is 2.33 bits per heavy atom. The van der Waals surface area contributed by atoms with Gasteiger partial charge >= 0.3 is 5.97 Å². The van der Waals surface area contributed by atoms with Crippen molar-refractivity contribution in [3.05, 3.63) is 0 Å². The number of piperidine rings is 2. The number of carbonyl (C=O) groups is 3. The second-order valence-corrected chi connectivity index (χ2v) is 9.51. The molecule has 2 amide bonds. The van der Waals surface area contributed by atoms with Crippen LogP contribution in [0.25, 0.3) is 0 Å². The highest BCUT2D eigenvalue weighted by Crippen LogP contribution is 2.33. The monoisotopic (exact) mass is 421 g/mol. The van der Waals surface area contributed by atoms with E-state index in [1.165, 1.54) is 6.42 Å². The Kier molecular flexibility index (Phi) is 8.14. The summed E-state index contributed by atoms with van der Waals surface area (Å²) in [5.41, 5.74) is -0.304. The van der Waals surface area contributed by atoms with Crippen LogP contribution in [-0.2, 0) is 19.1 Å². The molecule has 2 aliphatic heterocycles. The smallest absolute Gasteiger partial charge is 0.307 e. The molecule has 0 aromatic rings. The first-order chi connectivity index (χ1) is 14.4. The lowest BCUT2D eigenvalue weighted by Crippen LogP contribution is -2.52. The Labute approximate surface area is 180 Å². The zero-order chi connectivity index (χ0) is 21.6. The number of rotatable bonds is 7. The molecule has 1 atom stereocenters. The van der Waals surface area contributed by atoms with E-state index in [1.807, 2.05) is 16.7 Å². The van der Waals surface area contributed by atoms with E-state index >= 15 is 0 Å². The van der Waals surface area contributed by atoms with Crippen LogP contribution in [0.4, 0.5) is 0 Å². The number of likely N-dealkylation sites (tertiary alicyclic amines) is 2. The molecule has 1 aliphatic carbocycles. The molecule has 170 valence electrons. The van der Waals surface area contributed by atoms with Crippen LogP contribution in [0, 0.1) is 11.8 Å². The van der Waals surface area contributed by atoms with Crippen molar-refractivity contribution in [1.29, 1.82) is 0 Å². The van der Waals surface area contributed by atoms with Crippen LogP contribution in [0.3, 0.4) is 0 Å². The molecule has 3 rings (SSSR count). The van der Waals surface area contributed by atoms with Gasteiger partial charge in [-0.1, -0.05) is 19.8 Å². The molecule has 7 nitrogen and oxygen atoms in total. The number of amides is 2. The van der Waals surface area contributed by atoms with Gasteiger partial charge in [0.15, 0.2) is 0 Å². The fourth-order valence-electron chi connectivity index (χ4n) is 5.35. The first-order valence-electron chi connectivity index (χ1n) is 11.9. The van der Waals surface area contributed by atoms with E-state index in [-0.39, 0.29) is 35.8 Å². The Bertz CT molecular complexity index is 610. The molecule has 0 spiro atoms. The number of hydrogen-bond donors (Lipinski definition) is 1. The third-order valence-corrected chi connectivity index (χ3v) is 7.13. The van der Waals surface area contributed by atoms with Gasteiger partial charge in [-0.05, 0) is 51.4 Å². The first kappa shape index (κ1) is 23.0. The SMILES string of the molecule is CCOC(=O)CC1(NCC(=O)N2CCC(C(=O)N3CCC[C@H](C)C3)CC2)CCCC1. The number of carbonyl (C=O) groups excluding carboxylic acids is 3. The molecular weight excluding hydrogens is 382 g/mol. The molecule has 3 fully saturated rings. The molecule has 0 bridgehead atoms. The number of hydrogen-bond acceptors (Lipinski definition) is 5. The topological polar surface area (TPSA) is 79.0 Å². The lowest BCUT2D eigenvalue weighted by Gasteiger charge is -2.37. The number of nitrogens with zero attached hydrogens (tertiary/aromatic N) is 2. The fraction of sp³-hybridized carbons (Fsp3) is 0.870. The zero-order valence-corrected chi connectivity index (χ0v) is 18.8. The summed E-state index contributed by atoms with van der Waals surface area (Å²) in [7, 11) is 0. The van der Waals surface area contributed by atoms with Gasteiger partial charge in [-0.3, -0.25) is 14.4 Å². The summed E-state index contributed by atoms with van der Waals surface area (Å²) in [5.74, 6) is 0.810. The van der Waals surface area contributed by atoms with Crippen molar-refractivity contribution in [3.8, 4) is 0 Å². The average Bonchev–Trinajstić information content (AvgIpc) is 3.20. The van der Waals surface area contributed by atoms with Crippen molar-refractivity contribution in [1.82, 2.24) is 15.1 Å². The Hall–Kier alpha value is -1.63. The molecule has 1 N–H and O–H groups in total. The van der Waals surface area contributed by atoms with E-state index in [0.29, 0.717) is 32.0 Å². The molecule has 0 unspecified atom stereocenters. The van der Waals surface area contributed by atoms with Crippen LogP contribution >= 0.6 is 0 Å². The third kappa shape index (κ3) is 5.96. The van der Waals surface area contributed by atoms with Crippen LogP contribution < -0.4 is 5.32 Å². The minimum absolute atomic E-state index is 0.0531. The van der Waals surface area contributed by atoms with E-state index < -0.39 is 0 Å². The minimum atomic E-state index is -0.304. The molecule has 1 saturated carbocycles. The molecule has 3 aliphatic rings. The van der Waals surface area contributed by atoms with Crippen molar-refractivity contribution in [2.45, 2.75) is 77.2 Å². The van der Waals surface area contributed by atoms with Gasteiger partial charge in [-0.2, -0.15) is 0 Å². The molecule has 0 aromatic carbocycles. The van der Waals surface area contributed by atoms with Crippen LogP contribution in [0.5, 0.6) is 0 Å². The van der Waals surface area contributed by atoms with Crippen LogP contribution in [0.1, 0.15) is 71.6 Å². The molecule has 0 radical (unpaired) electrons. The molecule has 7 heteroatoms. The summed E-state index contributed by atoms with van der Waals surface area (Å²) in [6.07, 6.45) is 8.11. The summed E-state index contributed by atoms with van der Waals surface area (Å²) in [6.45, 7) is 7.72. The zero-order valence-electron chi connectivity index (χ0n) is 18.8. The first-order valence-corrected chi connectivity index (χ1v) is 11.9. The summed E-state index contributed by atoms with van der Waals surface area (Å²) >= 11 is 0. The van der Waals surface area contributed by atoms with Crippen LogP contribution in [0.2, 0.25) is 0 Å². The van der Waals surface area contributed by atoms with Crippen molar-refractivity contribution in [2.75, 3.05) is 39.3 Å². The lowest BCUT2D eigenvalue weighted by atomic mass is 9.92. The van der Waals surface area contributed by atoms with E-state index in [9.17, 15) is 14.4 Å². The lowest BCUT2D eigenvalue weighted by molar-refractivity contribution is -0.145. The summed E-state index contributed by atoms with van der Waals surface area (Å²) in [4.78, 5) is 41.5. The predicted octanol–water partition coefficient (Wildman–Crippen LogP) is 2.34. The highest BCUT2D eigenvalue weighted by atomic mass is 16.5. The number of esters is 1. The second kappa shape index (κ2) is 10.6. The van der Waals surface area contributed by atoms with Crippen molar-refractivity contribution in [2.24, 2.45) is 11.8 Å². The maximum atomic E-state index is 12.8. The van der Waals surface area contributed by atoms with Crippen molar-refractivity contribution < 1.29 is 19.1 Å². The van der Waals surface area contributed by atoms with Crippen molar-refractivity contribution >= 4 is 17.8 Å². The minimum Gasteiger partial charge on any atom is -0.466 e.